The highest BCUT2D eigenvalue weighted by molar-refractivity contribution is 9.10. The third-order valence-electron chi connectivity index (χ3n) is 3.19. The van der Waals surface area contributed by atoms with Crippen molar-refractivity contribution in [2.45, 2.75) is 17.7 Å². The fraction of sp³-hybridized carbons (Fsp3) is 0.500. The summed E-state index contributed by atoms with van der Waals surface area (Å²) in [5.74, 6) is 0.566. The van der Waals surface area contributed by atoms with Gasteiger partial charge in [0.25, 0.3) is 0 Å². The van der Waals surface area contributed by atoms with Crippen LogP contribution in [0.4, 0.5) is 0 Å². The predicted molar refractivity (Wildman–Crippen MR) is 87.2 cm³/mol. The van der Waals surface area contributed by atoms with Crippen LogP contribution in [0.3, 0.4) is 0 Å². The zero-order chi connectivity index (χ0) is 13.9. The van der Waals surface area contributed by atoms with Crippen LogP contribution in [-0.4, -0.2) is 28.1 Å². The molecule has 1 aliphatic rings. The van der Waals surface area contributed by atoms with Gasteiger partial charge in [-0.25, -0.2) is 13.1 Å². The summed E-state index contributed by atoms with van der Waals surface area (Å²) >= 11 is 9.03. The van der Waals surface area contributed by atoms with Crippen molar-refractivity contribution in [3.63, 3.8) is 0 Å². The summed E-state index contributed by atoms with van der Waals surface area (Å²) < 4.78 is 27.4. The van der Waals surface area contributed by atoms with E-state index in [2.05, 4.69) is 26.0 Å². The molecule has 0 amide bonds. The summed E-state index contributed by atoms with van der Waals surface area (Å²) in [4.78, 5) is 0.224. The molecule has 1 fully saturated rings. The first kappa shape index (κ1) is 18.2. The molecule has 1 saturated heterocycles. The first-order valence-corrected chi connectivity index (χ1v) is 8.80. The molecule has 1 atom stereocenters. The van der Waals surface area contributed by atoms with Crippen LogP contribution >= 0.6 is 39.9 Å². The predicted octanol–water partition coefficient (Wildman–Crippen LogP) is 2.80. The van der Waals surface area contributed by atoms with Crippen LogP contribution < -0.4 is 10.0 Å². The van der Waals surface area contributed by atoms with Gasteiger partial charge in [-0.15, -0.1) is 12.4 Å². The minimum absolute atomic E-state index is 0. The first-order chi connectivity index (χ1) is 8.99. The van der Waals surface area contributed by atoms with Gasteiger partial charge in [-0.1, -0.05) is 11.6 Å². The minimum Gasteiger partial charge on any atom is -0.316 e. The molecule has 0 aliphatic carbocycles. The summed E-state index contributed by atoms with van der Waals surface area (Å²) in [6.07, 6.45) is 1.98. The van der Waals surface area contributed by atoms with Crippen molar-refractivity contribution in [3.05, 3.63) is 27.7 Å². The first-order valence-electron chi connectivity index (χ1n) is 6.14. The summed E-state index contributed by atoms with van der Waals surface area (Å²) in [5, 5.41) is 3.77. The Balaban J connectivity index is 0.00000200. The summed E-state index contributed by atoms with van der Waals surface area (Å²) in [5.41, 5.74) is 0. The maximum atomic E-state index is 12.1. The van der Waals surface area contributed by atoms with Gasteiger partial charge in [0.05, 0.1) is 4.90 Å². The SMILES string of the molecule is Cl.O=S(=O)(NCCC1CCNC1)c1ccc(Cl)cc1Br. The van der Waals surface area contributed by atoms with E-state index in [9.17, 15) is 8.42 Å². The van der Waals surface area contributed by atoms with Crippen molar-refractivity contribution in [1.82, 2.24) is 10.0 Å². The van der Waals surface area contributed by atoms with Gasteiger partial charge < -0.3 is 5.32 Å². The second-order valence-corrected chi connectivity index (χ2v) is 7.65. The Morgan fingerprint density at radius 2 is 2.20 bits per heavy atom. The van der Waals surface area contributed by atoms with Crippen LogP contribution in [0.2, 0.25) is 5.02 Å². The molecule has 0 spiro atoms. The maximum absolute atomic E-state index is 12.1. The van der Waals surface area contributed by atoms with Gasteiger partial charge in [-0.3, -0.25) is 0 Å². The van der Waals surface area contributed by atoms with Crippen LogP contribution in [0.5, 0.6) is 0 Å². The Kier molecular flexibility index (Phi) is 7.24. The van der Waals surface area contributed by atoms with E-state index < -0.39 is 10.0 Å². The number of hydrogen-bond acceptors (Lipinski definition) is 3. The number of rotatable bonds is 5. The number of nitrogens with one attached hydrogen (secondary N) is 2. The highest BCUT2D eigenvalue weighted by atomic mass is 79.9. The average Bonchev–Trinajstić information content (AvgIpc) is 2.81. The number of sulfonamides is 1. The molecule has 4 nitrogen and oxygen atoms in total. The zero-order valence-corrected chi connectivity index (χ0v) is 14.7. The van der Waals surface area contributed by atoms with E-state index in [4.69, 9.17) is 11.6 Å². The van der Waals surface area contributed by atoms with Crippen LogP contribution in [0, 0.1) is 5.92 Å². The van der Waals surface area contributed by atoms with E-state index in [1.807, 2.05) is 0 Å². The molecule has 20 heavy (non-hydrogen) atoms. The van der Waals surface area contributed by atoms with Crippen LogP contribution in [0.25, 0.3) is 0 Å². The van der Waals surface area contributed by atoms with E-state index in [0.717, 1.165) is 25.9 Å². The third-order valence-corrected chi connectivity index (χ3v) is 5.86. The molecule has 0 aromatic heterocycles. The lowest BCUT2D eigenvalue weighted by atomic mass is 10.1. The molecule has 2 N–H and O–H groups in total. The van der Waals surface area contributed by atoms with Gasteiger partial charge in [0.1, 0.15) is 0 Å². The van der Waals surface area contributed by atoms with Gasteiger partial charge in [0.15, 0.2) is 0 Å². The zero-order valence-electron chi connectivity index (χ0n) is 10.7. The van der Waals surface area contributed by atoms with Crippen molar-refractivity contribution < 1.29 is 8.42 Å². The summed E-state index contributed by atoms with van der Waals surface area (Å²) in [6, 6.07) is 4.66. The lowest BCUT2D eigenvalue weighted by molar-refractivity contribution is 0.519. The monoisotopic (exact) mass is 402 g/mol. The summed E-state index contributed by atoms with van der Waals surface area (Å²) in [7, 11) is -3.48. The van der Waals surface area contributed by atoms with E-state index in [0.29, 0.717) is 22.0 Å². The van der Waals surface area contributed by atoms with E-state index in [-0.39, 0.29) is 17.3 Å². The molecule has 1 heterocycles. The Bertz CT molecular complexity index is 548. The minimum atomic E-state index is -3.48. The topological polar surface area (TPSA) is 58.2 Å². The highest BCUT2D eigenvalue weighted by Gasteiger charge is 2.19. The third kappa shape index (κ3) is 4.86. The fourth-order valence-electron chi connectivity index (χ4n) is 2.13. The Morgan fingerprint density at radius 3 is 2.80 bits per heavy atom. The molecule has 8 heteroatoms. The van der Waals surface area contributed by atoms with Crippen molar-refractivity contribution in [1.29, 1.82) is 0 Å². The van der Waals surface area contributed by atoms with Crippen LogP contribution in [-0.2, 0) is 10.0 Å². The molecule has 1 aromatic carbocycles. The van der Waals surface area contributed by atoms with Gasteiger partial charge in [-0.05, 0) is 66.0 Å². The Hall–Kier alpha value is 0.150. The van der Waals surface area contributed by atoms with Crippen molar-refractivity contribution in [3.8, 4) is 0 Å². The summed E-state index contributed by atoms with van der Waals surface area (Å²) in [6.45, 7) is 2.47. The molecular formula is C12H17BrCl2N2O2S. The molecule has 0 bridgehead atoms. The molecule has 0 radical (unpaired) electrons. The smallest absolute Gasteiger partial charge is 0.241 e. The Labute approximate surface area is 139 Å². The number of benzene rings is 1. The maximum Gasteiger partial charge on any atom is 0.241 e. The van der Waals surface area contributed by atoms with Crippen molar-refractivity contribution in [2.24, 2.45) is 5.92 Å². The second-order valence-electron chi connectivity index (χ2n) is 4.62. The van der Waals surface area contributed by atoms with E-state index >= 15 is 0 Å². The van der Waals surface area contributed by atoms with Gasteiger partial charge >= 0.3 is 0 Å². The average molecular weight is 404 g/mol. The van der Waals surface area contributed by atoms with Crippen LogP contribution in [0.1, 0.15) is 12.8 Å². The number of halogens is 3. The standard InChI is InChI=1S/C12H16BrClN2O2S.ClH/c13-11-7-10(14)1-2-12(11)19(17,18)16-6-4-9-3-5-15-8-9;/h1-2,7,9,15-16H,3-6,8H2;1H. The van der Waals surface area contributed by atoms with Gasteiger partial charge in [0, 0.05) is 16.0 Å². The molecule has 1 aliphatic heterocycles. The molecule has 1 aromatic rings. The number of hydrogen-bond donors (Lipinski definition) is 2. The van der Waals surface area contributed by atoms with Crippen LogP contribution in [0.15, 0.2) is 27.6 Å². The molecule has 0 saturated carbocycles. The molecular weight excluding hydrogens is 387 g/mol. The van der Waals surface area contributed by atoms with Crippen molar-refractivity contribution >= 4 is 50.0 Å². The lowest BCUT2D eigenvalue weighted by Gasteiger charge is -2.11. The second kappa shape index (κ2) is 7.96. The van der Waals surface area contributed by atoms with Gasteiger partial charge in [-0.2, -0.15) is 0 Å². The van der Waals surface area contributed by atoms with Crippen molar-refractivity contribution in [2.75, 3.05) is 19.6 Å². The lowest BCUT2D eigenvalue weighted by Crippen LogP contribution is -2.27. The molecule has 114 valence electrons. The van der Waals surface area contributed by atoms with E-state index in [1.54, 1.807) is 12.1 Å². The molecule has 2 rings (SSSR count). The van der Waals surface area contributed by atoms with E-state index in [1.165, 1.54) is 6.07 Å². The highest BCUT2D eigenvalue weighted by Crippen LogP contribution is 2.25. The Morgan fingerprint density at radius 1 is 1.45 bits per heavy atom. The normalized spacial score (nSPS) is 18.8. The molecule has 1 unspecified atom stereocenters. The fourth-order valence-corrected chi connectivity index (χ4v) is 4.56. The largest absolute Gasteiger partial charge is 0.316 e. The van der Waals surface area contributed by atoms with Gasteiger partial charge in [0.2, 0.25) is 10.0 Å². The quantitative estimate of drug-likeness (QED) is 0.794.